The Hall–Kier alpha value is -3.74. The topological polar surface area (TPSA) is 110 Å². The molecular formula is C18H14N6O. The van der Waals surface area contributed by atoms with Gasteiger partial charge in [-0.25, -0.2) is 4.98 Å². The van der Waals surface area contributed by atoms with Crippen LogP contribution in [0.1, 0.15) is 10.4 Å². The number of fused-ring (bicyclic) bond motifs is 2. The molecule has 0 bridgehead atoms. The summed E-state index contributed by atoms with van der Waals surface area (Å²) in [5, 5.41) is 11.2. The van der Waals surface area contributed by atoms with Crippen LogP contribution in [0, 0.1) is 5.41 Å². The molecule has 0 spiro atoms. The third kappa shape index (κ3) is 2.47. The number of pyridine rings is 2. The van der Waals surface area contributed by atoms with Crippen molar-refractivity contribution >= 4 is 33.8 Å². The zero-order chi connectivity index (χ0) is 17.4. The van der Waals surface area contributed by atoms with Gasteiger partial charge in [0.1, 0.15) is 5.65 Å². The van der Waals surface area contributed by atoms with Crippen LogP contribution in [0.2, 0.25) is 0 Å². The van der Waals surface area contributed by atoms with Crippen molar-refractivity contribution in [2.75, 3.05) is 0 Å². The van der Waals surface area contributed by atoms with Gasteiger partial charge in [0.25, 0.3) is 5.91 Å². The Labute approximate surface area is 142 Å². The maximum atomic E-state index is 12.4. The van der Waals surface area contributed by atoms with Crippen LogP contribution >= 0.6 is 0 Å². The Balaban J connectivity index is 1.99. The summed E-state index contributed by atoms with van der Waals surface area (Å²) in [7, 11) is 0. The molecule has 0 fully saturated rings. The van der Waals surface area contributed by atoms with Gasteiger partial charge in [0, 0.05) is 29.4 Å². The van der Waals surface area contributed by atoms with Gasteiger partial charge < -0.3 is 5.73 Å². The summed E-state index contributed by atoms with van der Waals surface area (Å²) in [6, 6.07) is 13.2. The molecule has 0 aliphatic carbocycles. The minimum atomic E-state index is -0.442. The average molecular weight is 330 g/mol. The number of amides is 1. The van der Waals surface area contributed by atoms with Crippen LogP contribution < -0.4 is 11.1 Å². The zero-order valence-corrected chi connectivity index (χ0v) is 13.1. The van der Waals surface area contributed by atoms with Crippen LogP contribution in [0.3, 0.4) is 0 Å². The van der Waals surface area contributed by atoms with Gasteiger partial charge in [-0.1, -0.05) is 18.2 Å². The molecule has 0 atom stereocenters. The molecule has 0 saturated carbocycles. The molecule has 0 aliphatic rings. The molecule has 0 aliphatic heterocycles. The van der Waals surface area contributed by atoms with Crippen LogP contribution in [0.4, 0.5) is 0 Å². The van der Waals surface area contributed by atoms with E-state index in [0.29, 0.717) is 16.6 Å². The second kappa shape index (κ2) is 5.72. The first kappa shape index (κ1) is 14.8. The Morgan fingerprint density at radius 1 is 1.04 bits per heavy atom. The molecule has 4 rings (SSSR count). The number of carbonyl (C=O) groups is 1. The third-order valence-corrected chi connectivity index (χ3v) is 3.94. The van der Waals surface area contributed by atoms with E-state index >= 15 is 0 Å². The fraction of sp³-hybridized carbons (Fsp3) is 0. The van der Waals surface area contributed by atoms with E-state index in [2.05, 4.69) is 15.3 Å². The lowest BCUT2D eigenvalue weighted by molar-refractivity contribution is 0.0978. The molecule has 7 nitrogen and oxygen atoms in total. The molecule has 4 aromatic rings. The SMILES string of the molecule is N=C(N)NC(=O)c1cn(-c2ccnc3ccccc23)c2ncccc12. The van der Waals surface area contributed by atoms with Gasteiger partial charge in [-0.05, 0) is 24.3 Å². The highest BCUT2D eigenvalue weighted by Crippen LogP contribution is 2.27. The number of nitrogens with one attached hydrogen (secondary N) is 2. The molecule has 122 valence electrons. The summed E-state index contributed by atoms with van der Waals surface area (Å²) in [5.41, 5.74) is 8.06. The predicted molar refractivity (Wildman–Crippen MR) is 95.8 cm³/mol. The van der Waals surface area contributed by atoms with Crippen molar-refractivity contribution in [1.29, 1.82) is 5.41 Å². The maximum Gasteiger partial charge on any atom is 0.260 e. The monoisotopic (exact) mass is 330 g/mol. The summed E-state index contributed by atoms with van der Waals surface area (Å²) in [6.07, 6.45) is 5.11. The Morgan fingerprint density at radius 2 is 1.84 bits per heavy atom. The van der Waals surface area contributed by atoms with E-state index in [0.717, 1.165) is 16.6 Å². The van der Waals surface area contributed by atoms with Crippen LogP contribution in [-0.2, 0) is 0 Å². The smallest absolute Gasteiger partial charge is 0.260 e. The van der Waals surface area contributed by atoms with Crippen molar-refractivity contribution < 1.29 is 4.79 Å². The van der Waals surface area contributed by atoms with Crippen molar-refractivity contribution in [3.05, 3.63) is 66.6 Å². The number of nitrogens with two attached hydrogens (primary N) is 1. The molecule has 3 heterocycles. The predicted octanol–water partition coefficient (Wildman–Crippen LogP) is 2.20. The van der Waals surface area contributed by atoms with Crippen molar-refractivity contribution in [3.63, 3.8) is 0 Å². The number of benzene rings is 1. The zero-order valence-electron chi connectivity index (χ0n) is 13.1. The van der Waals surface area contributed by atoms with Gasteiger partial charge in [0.15, 0.2) is 5.96 Å². The van der Waals surface area contributed by atoms with Gasteiger partial charge in [-0.2, -0.15) is 0 Å². The lowest BCUT2D eigenvalue weighted by Gasteiger charge is -2.08. The maximum absolute atomic E-state index is 12.4. The lowest BCUT2D eigenvalue weighted by Crippen LogP contribution is -2.35. The minimum Gasteiger partial charge on any atom is -0.370 e. The van der Waals surface area contributed by atoms with Crippen molar-refractivity contribution in [2.24, 2.45) is 5.73 Å². The number of carbonyl (C=O) groups excluding carboxylic acids is 1. The fourth-order valence-electron chi connectivity index (χ4n) is 2.90. The molecule has 1 aromatic carbocycles. The van der Waals surface area contributed by atoms with Gasteiger partial charge in [-0.3, -0.25) is 25.1 Å². The highest BCUT2D eigenvalue weighted by Gasteiger charge is 2.18. The number of aromatic nitrogens is 3. The van der Waals surface area contributed by atoms with E-state index in [4.69, 9.17) is 11.1 Å². The number of hydrogen-bond acceptors (Lipinski definition) is 4. The molecule has 0 saturated heterocycles. The highest BCUT2D eigenvalue weighted by molar-refractivity contribution is 6.12. The normalized spacial score (nSPS) is 10.9. The van der Waals surface area contributed by atoms with E-state index in [1.807, 2.05) is 41.0 Å². The summed E-state index contributed by atoms with van der Waals surface area (Å²) in [5.74, 6) is -0.841. The van der Waals surface area contributed by atoms with Crippen LogP contribution in [-0.4, -0.2) is 26.4 Å². The van der Waals surface area contributed by atoms with E-state index in [-0.39, 0.29) is 0 Å². The largest absolute Gasteiger partial charge is 0.370 e. The number of nitrogens with zero attached hydrogens (tertiary/aromatic N) is 3. The number of rotatable bonds is 2. The van der Waals surface area contributed by atoms with Crippen molar-refractivity contribution in [1.82, 2.24) is 19.9 Å². The standard InChI is InChI=1S/C18H14N6O/c19-18(20)23-17(25)13-10-24(16-11(13)5-3-8-22-16)15-7-9-21-14-6-2-1-4-12(14)15/h1-10H,(H4,19,20,23,25). The third-order valence-electron chi connectivity index (χ3n) is 3.94. The second-order valence-corrected chi connectivity index (χ2v) is 5.50. The lowest BCUT2D eigenvalue weighted by atomic mass is 10.2. The second-order valence-electron chi connectivity index (χ2n) is 5.50. The van der Waals surface area contributed by atoms with E-state index in [1.54, 1.807) is 24.7 Å². The first-order chi connectivity index (χ1) is 12.1. The van der Waals surface area contributed by atoms with Crippen molar-refractivity contribution in [2.45, 2.75) is 0 Å². The minimum absolute atomic E-state index is 0.399. The highest BCUT2D eigenvalue weighted by atomic mass is 16.1. The Bertz CT molecular complexity index is 1130. The van der Waals surface area contributed by atoms with E-state index in [1.165, 1.54) is 0 Å². The van der Waals surface area contributed by atoms with E-state index in [9.17, 15) is 4.79 Å². The first-order valence-corrected chi connectivity index (χ1v) is 7.61. The molecule has 3 aromatic heterocycles. The molecule has 0 unspecified atom stereocenters. The summed E-state index contributed by atoms with van der Waals surface area (Å²) in [6.45, 7) is 0. The molecule has 0 radical (unpaired) electrons. The molecule has 1 amide bonds. The number of para-hydroxylation sites is 1. The number of hydrogen-bond donors (Lipinski definition) is 3. The first-order valence-electron chi connectivity index (χ1n) is 7.61. The molecule has 25 heavy (non-hydrogen) atoms. The van der Waals surface area contributed by atoms with E-state index < -0.39 is 11.9 Å². The fourth-order valence-corrected chi connectivity index (χ4v) is 2.90. The van der Waals surface area contributed by atoms with Crippen LogP contribution in [0.25, 0.3) is 27.6 Å². The average Bonchev–Trinajstić information content (AvgIpc) is 3.00. The van der Waals surface area contributed by atoms with Gasteiger partial charge in [0.05, 0.1) is 16.8 Å². The Kier molecular flexibility index (Phi) is 3.39. The number of guanidine groups is 1. The van der Waals surface area contributed by atoms with Gasteiger partial charge in [-0.15, -0.1) is 0 Å². The van der Waals surface area contributed by atoms with Gasteiger partial charge in [0.2, 0.25) is 0 Å². The van der Waals surface area contributed by atoms with Crippen molar-refractivity contribution in [3.8, 4) is 5.69 Å². The van der Waals surface area contributed by atoms with Crippen LogP contribution in [0.15, 0.2) is 61.1 Å². The quantitative estimate of drug-likeness (QED) is 0.386. The molecular weight excluding hydrogens is 316 g/mol. The molecule has 4 N–H and O–H groups in total. The summed E-state index contributed by atoms with van der Waals surface area (Å²) >= 11 is 0. The van der Waals surface area contributed by atoms with Crippen LogP contribution in [0.5, 0.6) is 0 Å². The Morgan fingerprint density at radius 3 is 2.68 bits per heavy atom. The summed E-state index contributed by atoms with van der Waals surface area (Å²) in [4.78, 5) is 21.2. The van der Waals surface area contributed by atoms with Gasteiger partial charge >= 0.3 is 0 Å². The molecule has 7 heteroatoms. The summed E-state index contributed by atoms with van der Waals surface area (Å²) < 4.78 is 1.86.